The molecule has 0 radical (unpaired) electrons. The first kappa shape index (κ1) is 16.8. The summed E-state index contributed by atoms with van der Waals surface area (Å²) in [5, 5.41) is 0. The van der Waals surface area contributed by atoms with E-state index in [0.29, 0.717) is 17.6 Å². The molecule has 0 bridgehead atoms. The molecule has 0 amide bonds. The van der Waals surface area contributed by atoms with Crippen LogP contribution in [0.5, 0.6) is 5.75 Å². The third-order valence-corrected chi connectivity index (χ3v) is 5.24. The van der Waals surface area contributed by atoms with Crippen LogP contribution in [-0.4, -0.2) is 11.6 Å². The molecule has 132 valence electrons. The number of allylic oxidation sites excluding steroid dienone is 2. The zero-order valence-electron chi connectivity index (χ0n) is 15.1. The molecule has 2 aromatic carbocycles. The molecule has 3 nitrogen and oxygen atoms in total. The van der Waals surface area contributed by atoms with Gasteiger partial charge in [-0.3, -0.25) is 9.59 Å². The van der Waals surface area contributed by atoms with E-state index in [-0.39, 0.29) is 29.3 Å². The number of hydrogen-bond donors (Lipinski definition) is 0. The van der Waals surface area contributed by atoms with Crippen LogP contribution in [0.25, 0.3) is 0 Å². The van der Waals surface area contributed by atoms with Gasteiger partial charge in [-0.1, -0.05) is 62.4 Å². The third kappa shape index (κ3) is 2.98. The molecule has 2 aromatic rings. The van der Waals surface area contributed by atoms with Crippen LogP contribution < -0.4 is 4.74 Å². The van der Waals surface area contributed by atoms with Crippen molar-refractivity contribution in [2.75, 3.05) is 0 Å². The Morgan fingerprint density at radius 3 is 2.50 bits per heavy atom. The molecule has 1 unspecified atom stereocenters. The molecule has 0 saturated heterocycles. The maximum absolute atomic E-state index is 12.9. The number of carbonyl (C=O) groups excluding carboxylic acids is 2. The summed E-state index contributed by atoms with van der Waals surface area (Å²) in [6.07, 6.45) is 1.50. The van der Waals surface area contributed by atoms with E-state index in [0.717, 1.165) is 23.5 Å². The van der Waals surface area contributed by atoms with Crippen LogP contribution in [0, 0.1) is 5.41 Å². The molecule has 0 N–H and O–H groups in total. The second-order valence-corrected chi connectivity index (χ2v) is 7.96. The molecule has 26 heavy (non-hydrogen) atoms. The van der Waals surface area contributed by atoms with Gasteiger partial charge in [0, 0.05) is 41.9 Å². The Morgan fingerprint density at radius 1 is 1.04 bits per heavy atom. The molecule has 3 heteroatoms. The highest BCUT2D eigenvalue weighted by Crippen LogP contribution is 2.48. The summed E-state index contributed by atoms with van der Waals surface area (Å²) in [5.74, 6) is 1.44. The van der Waals surface area contributed by atoms with Gasteiger partial charge in [-0.15, -0.1) is 0 Å². The highest BCUT2D eigenvalue weighted by molar-refractivity contribution is 6.02. The number of carbonyl (C=O) groups is 2. The molecule has 0 aromatic heterocycles. The second kappa shape index (κ2) is 6.24. The van der Waals surface area contributed by atoms with Crippen LogP contribution in [0.3, 0.4) is 0 Å². The van der Waals surface area contributed by atoms with Crippen molar-refractivity contribution >= 4 is 11.6 Å². The van der Waals surface area contributed by atoms with E-state index in [1.165, 1.54) is 0 Å². The number of para-hydroxylation sites is 1. The molecule has 0 fully saturated rings. The SMILES string of the molecule is CC1(C)CC(=O)C2=C(C1)Oc1ccccc1C2CC(=O)c1ccccc1. The molecule has 2 aliphatic rings. The van der Waals surface area contributed by atoms with Crippen molar-refractivity contribution in [2.24, 2.45) is 5.41 Å². The molecule has 1 aliphatic carbocycles. The molecule has 0 spiro atoms. The summed E-state index contributed by atoms with van der Waals surface area (Å²) in [7, 11) is 0. The molecule has 4 rings (SSSR count). The van der Waals surface area contributed by atoms with Gasteiger partial charge >= 0.3 is 0 Å². The predicted octanol–water partition coefficient (Wildman–Crippen LogP) is 5.08. The van der Waals surface area contributed by atoms with E-state index < -0.39 is 0 Å². The lowest BCUT2D eigenvalue weighted by Crippen LogP contribution is -2.33. The minimum atomic E-state index is -0.230. The Bertz CT molecular complexity index is 906. The molecule has 1 heterocycles. The first-order chi connectivity index (χ1) is 12.4. The lowest BCUT2D eigenvalue weighted by atomic mass is 9.70. The van der Waals surface area contributed by atoms with Crippen LogP contribution in [0.15, 0.2) is 65.9 Å². The number of fused-ring (bicyclic) bond motifs is 1. The van der Waals surface area contributed by atoms with E-state index in [1.54, 1.807) is 0 Å². The summed E-state index contributed by atoms with van der Waals surface area (Å²) in [4.78, 5) is 25.8. The van der Waals surface area contributed by atoms with Crippen molar-refractivity contribution < 1.29 is 14.3 Å². The standard InChI is InChI=1S/C23H22O3/c1-23(2)13-19(25)22-17(12-18(24)15-8-4-3-5-9-15)16-10-6-7-11-20(16)26-21(22)14-23/h3-11,17H,12-14H2,1-2H3. The summed E-state index contributed by atoms with van der Waals surface area (Å²) < 4.78 is 6.11. The van der Waals surface area contributed by atoms with Gasteiger partial charge in [0.1, 0.15) is 11.5 Å². The zero-order valence-corrected chi connectivity index (χ0v) is 15.1. The Labute approximate surface area is 153 Å². The lowest BCUT2D eigenvalue weighted by molar-refractivity contribution is -0.118. The van der Waals surface area contributed by atoms with Gasteiger partial charge in [-0.2, -0.15) is 0 Å². The summed E-state index contributed by atoms with van der Waals surface area (Å²) in [6, 6.07) is 17.0. The van der Waals surface area contributed by atoms with Gasteiger partial charge < -0.3 is 4.74 Å². The zero-order chi connectivity index (χ0) is 18.3. The van der Waals surface area contributed by atoms with E-state index in [1.807, 2.05) is 54.6 Å². The second-order valence-electron chi connectivity index (χ2n) is 7.96. The van der Waals surface area contributed by atoms with E-state index >= 15 is 0 Å². The van der Waals surface area contributed by atoms with Gasteiger partial charge in [0.25, 0.3) is 0 Å². The Morgan fingerprint density at radius 2 is 1.73 bits per heavy atom. The smallest absolute Gasteiger partial charge is 0.163 e. The lowest BCUT2D eigenvalue weighted by Gasteiger charge is -2.38. The third-order valence-electron chi connectivity index (χ3n) is 5.24. The minimum absolute atomic E-state index is 0.0526. The normalized spacial score (nSPS) is 20.8. The van der Waals surface area contributed by atoms with Crippen molar-refractivity contribution in [1.29, 1.82) is 0 Å². The number of ketones is 2. The molecule has 0 saturated carbocycles. The molecular formula is C23H22O3. The maximum Gasteiger partial charge on any atom is 0.163 e. The van der Waals surface area contributed by atoms with Crippen LogP contribution in [0.4, 0.5) is 0 Å². The van der Waals surface area contributed by atoms with Crippen LogP contribution >= 0.6 is 0 Å². The van der Waals surface area contributed by atoms with E-state index in [9.17, 15) is 9.59 Å². The largest absolute Gasteiger partial charge is 0.461 e. The molecule has 1 atom stereocenters. The van der Waals surface area contributed by atoms with Crippen molar-refractivity contribution in [1.82, 2.24) is 0 Å². The topological polar surface area (TPSA) is 43.4 Å². The minimum Gasteiger partial charge on any atom is -0.461 e. The number of Topliss-reactive ketones (excluding diaryl/α,β-unsaturated/α-hetero) is 2. The van der Waals surface area contributed by atoms with Crippen molar-refractivity contribution in [3.05, 3.63) is 77.1 Å². The summed E-state index contributed by atoms with van der Waals surface area (Å²) in [5.41, 5.74) is 2.20. The van der Waals surface area contributed by atoms with Crippen LogP contribution in [-0.2, 0) is 4.79 Å². The average Bonchev–Trinajstić information content (AvgIpc) is 2.60. The average molecular weight is 346 g/mol. The first-order valence-corrected chi connectivity index (χ1v) is 9.06. The van der Waals surface area contributed by atoms with Crippen LogP contribution in [0.2, 0.25) is 0 Å². The van der Waals surface area contributed by atoms with Crippen molar-refractivity contribution in [3.8, 4) is 5.75 Å². The summed E-state index contributed by atoms with van der Waals surface area (Å²) in [6.45, 7) is 4.17. The number of ether oxygens (including phenoxy) is 1. The van der Waals surface area contributed by atoms with Gasteiger partial charge in [-0.05, 0) is 11.5 Å². The van der Waals surface area contributed by atoms with Crippen molar-refractivity contribution in [3.63, 3.8) is 0 Å². The molecule has 1 aliphatic heterocycles. The van der Waals surface area contributed by atoms with E-state index in [2.05, 4.69) is 13.8 Å². The highest BCUT2D eigenvalue weighted by atomic mass is 16.5. The maximum atomic E-state index is 12.9. The fourth-order valence-electron chi connectivity index (χ4n) is 4.05. The number of rotatable bonds is 3. The van der Waals surface area contributed by atoms with Gasteiger partial charge in [0.15, 0.2) is 11.6 Å². The summed E-state index contributed by atoms with van der Waals surface area (Å²) >= 11 is 0. The highest BCUT2D eigenvalue weighted by Gasteiger charge is 2.41. The number of benzene rings is 2. The van der Waals surface area contributed by atoms with Gasteiger partial charge in [-0.25, -0.2) is 0 Å². The van der Waals surface area contributed by atoms with Gasteiger partial charge in [0.05, 0.1) is 0 Å². The fraction of sp³-hybridized carbons (Fsp3) is 0.304. The molecular weight excluding hydrogens is 324 g/mol. The van der Waals surface area contributed by atoms with Crippen molar-refractivity contribution in [2.45, 2.75) is 39.0 Å². The Hall–Kier alpha value is -2.68. The fourth-order valence-corrected chi connectivity index (χ4v) is 4.05. The Kier molecular flexibility index (Phi) is 4.03. The first-order valence-electron chi connectivity index (χ1n) is 9.06. The van der Waals surface area contributed by atoms with Crippen LogP contribution in [0.1, 0.15) is 54.9 Å². The van der Waals surface area contributed by atoms with Gasteiger partial charge in [0.2, 0.25) is 0 Å². The Balaban J connectivity index is 1.76. The predicted molar refractivity (Wildman–Crippen MR) is 100 cm³/mol. The monoisotopic (exact) mass is 346 g/mol. The van der Waals surface area contributed by atoms with E-state index in [4.69, 9.17) is 4.74 Å². The number of hydrogen-bond acceptors (Lipinski definition) is 3. The quantitative estimate of drug-likeness (QED) is 0.728.